The van der Waals surface area contributed by atoms with Gasteiger partial charge in [0.2, 0.25) is 0 Å². The van der Waals surface area contributed by atoms with Crippen molar-refractivity contribution in [3.05, 3.63) is 48.3 Å². The Bertz CT molecular complexity index is 745. The van der Waals surface area contributed by atoms with E-state index in [1.165, 1.54) is 18.4 Å². The zero-order valence-electron chi connectivity index (χ0n) is 11.0. The van der Waals surface area contributed by atoms with Crippen molar-refractivity contribution < 1.29 is 0 Å². The maximum atomic E-state index is 4.27. The summed E-state index contributed by atoms with van der Waals surface area (Å²) < 4.78 is 1.87. The summed E-state index contributed by atoms with van der Waals surface area (Å²) in [4.78, 5) is 4.23. The molecule has 100 valence electrons. The molecule has 0 aliphatic heterocycles. The van der Waals surface area contributed by atoms with E-state index in [0.717, 1.165) is 23.3 Å². The zero-order valence-corrected chi connectivity index (χ0v) is 11.0. The van der Waals surface area contributed by atoms with Crippen LogP contribution < -0.4 is 5.32 Å². The summed E-state index contributed by atoms with van der Waals surface area (Å²) in [6, 6.07) is 10.7. The van der Waals surface area contributed by atoms with Crippen LogP contribution in [-0.2, 0) is 6.54 Å². The minimum Gasteiger partial charge on any atom is -0.310 e. The molecule has 20 heavy (non-hydrogen) atoms. The largest absolute Gasteiger partial charge is 0.310 e. The quantitative estimate of drug-likeness (QED) is 0.784. The van der Waals surface area contributed by atoms with E-state index in [9.17, 15) is 0 Å². The van der Waals surface area contributed by atoms with E-state index in [2.05, 4.69) is 20.6 Å². The molecule has 3 aromatic rings. The third-order valence-electron chi connectivity index (χ3n) is 3.63. The van der Waals surface area contributed by atoms with Crippen LogP contribution in [0.25, 0.3) is 16.7 Å². The number of hydrogen-bond donors (Lipinski definition) is 1. The Labute approximate surface area is 116 Å². The molecule has 0 amide bonds. The molecule has 1 aliphatic carbocycles. The first-order valence-electron chi connectivity index (χ1n) is 6.89. The summed E-state index contributed by atoms with van der Waals surface area (Å²) in [6.45, 7) is 0.844. The predicted octanol–water partition coefficient (Wildman–Crippen LogP) is 2.07. The summed E-state index contributed by atoms with van der Waals surface area (Å²) in [6.07, 6.45) is 6.25. The van der Waals surface area contributed by atoms with E-state index in [1.54, 1.807) is 0 Å². The summed E-state index contributed by atoms with van der Waals surface area (Å²) >= 11 is 0. The Kier molecular flexibility index (Phi) is 2.70. The van der Waals surface area contributed by atoms with Gasteiger partial charge in [0.1, 0.15) is 5.52 Å². The Morgan fingerprint density at radius 1 is 1.20 bits per heavy atom. The van der Waals surface area contributed by atoms with Crippen molar-refractivity contribution in [3.63, 3.8) is 0 Å². The molecule has 1 saturated carbocycles. The molecule has 1 N–H and O–H groups in total. The zero-order chi connectivity index (χ0) is 13.4. The van der Waals surface area contributed by atoms with Gasteiger partial charge in [0.25, 0.3) is 0 Å². The Morgan fingerprint density at radius 2 is 2.10 bits per heavy atom. The SMILES string of the molecule is c1ccc2c(c1)nnn2-c1cnccc1CNC1CC1. The second kappa shape index (κ2) is 4.68. The molecule has 0 spiro atoms. The molecule has 5 heteroatoms. The van der Waals surface area contributed by atoms with Gasteiger partial charge in [0, 0.05) is 18.8 Å². The second-order valence-corrected chi connectivity index (χ2v) is 5.15. The lowest BCUT2D eigenvalue weighted by atomic mass is 10.2. The number of nitrogens with zero attached hydrogens (tertiary/aromatic N) is 4. The molecule has 0 radical (unpaired) electrons. The van der Waals surface area contributed by atoms with Crippen LogP contribution in [0.3, 0.4) is 0 Å². The average Bonchev–Trinajstić information content (AvgIpc) is 3.23. The van der Waals surface area contributed by atoms with Crippen LogP contribution >= 0.6 is 0 Å². The van der Waals surface area contributed by atoms with Crippen molar-refractivity contribution in [2.45, 2.75) is 25.4 Å². The van der Waals surface area contributed by atoms with E-state index >= 15 is 0 Å². The molecule has 0 bridgehead atoms. The van der Waals surface area contributed by atoms with Crippen molar-refractivity contribution in [1.29, 1.82) is 0 Å². The van der Waals surface area contributed by atoms with Gasteiger partial charge >= 0.3 is 0 Å². The first kappa shape index (κ1) is 11.5. The lowest BCUT2D eigenvalue weighted by molar-refractivity contribution is 0.679. The van der Waals surface area contributed by atoms with Gasteiger partial charge in [0.15, 0.2) is 0 Å². The van der Waals surface area contributed by atoms with Crippen LogP contribution in [0.5, 0.6) is 0 Å². The number of benzene rings is 1. The highest BCUT2D eigenvalue weighted by atomic mass is 15.4. The number of rotatable bonds is 4. The maximum Gasteiger partial charge on any atom is 0.113 e. The van der Waals surface area contributed by atoms with Crippen molar-refractivity contribution in [3.8, 4) is 5.69 Å². The van der Waals surface area contributed by atoms with Crippen LogP contribution in [0, 0.1) is 0 Å². The Morgan fingerprint density at radius 3 is 3.00 bits per heavy atom. The molecule has 5 nitrogen and oxygen atoms in total. The normalized spacial score (nSPS) is 14.8. The van der Waals surface area contributed by atoms with E-state index in [-0.39, 0.29) is 0 Å². The summed E-state index contributed by atoms with van der Waals surface area (Å²) in [5.41, 5.74) is 4.10. The van der Waals surface area contributed by atoms with Crippen molar-refractivity contribution in [1.82, 2.24) is 25.3 Å². The molecule has 0 unspecified atom stereocenters. The second-order valence-electron chi connectivity index (χ2n) is 5.15. The fourth-order valence-electron chi connectivity index (χ4n) is 2.34. The number of para-hydroxylation sites is 1. The summed E-state index contributed by atoms with van der Waals surface area (Å²) in [7, 11) is 0. The number of pyridine rings is 1. The lowest BCUT2D eigenvalue weighted by Gasteiger charge is -2.09. The summed E-state index contributed by atoms with van der Waals surface area (Å²) in [5, 5.41) is 12.0. The highest BCUT2D eigenvalue weighted by Gasteiger charge is 2.21. The van der Waals surface area contributed by atoms with Gasteiger partial charge in [-0.05, 0) is 36.6 Å². The van der Waals surface area contributed by atoms with Gasteiger partial charge in [-0.3, -0.25) is 4.98 Å². The van der Waals surface area contributed by atoms with Crippen LogP contribution in [0.1, 0.15) is 18.4 Å². The number of nitrogens with one attached hydrogen (secondary N) is 1. The van der Waals surface area contributed by atoms with Crippen LogP contribution in [0.4, 0.5) is 0 Å². The highest BCUT2D eigenvalue weighted by Crippen LogP contribution is 2.22. The monoisotopic (exact) mass is 265 g/mol. The molecule has 1 aromatic carbocycles. The minimum atomic E-state index is 0.684. The van der Waals surface area contributed by atoms with Gasteiger partial charge < -0.3 is 5.32 Å². The number of hydrogen-bond acceptors (Lipinski definition) is 4. The van der Waals surface area contributed by atoms with Gasteiger partial charge in [-0.1, -0.05) is 17.3 Å². The molecule has 2 aromatic heterocycles. The minimum absolute atomic E-state index is 0.684. The molecule has 1 aliphatic rings. The molecular formula is C15H15N5. The molecule has 2 heterocycles. The van der Waals surface area contributed by atoms with E-state index in [1.807, 2.05) is 47.4 Å². The molecule has 1 fully saturated rings. The van der Waals surface area contributed by atoms with Gasteiger partial charge in [-0.25, -0.2) is 4.68 Å². The van der Waals surface area contributed by atoms with Crippen molar-refractivity contribution in [2.75, 3.05) is 0 Å². The van der Waals surface area contributed by atoms with E-state index in [0.29, 0.717) is 6.04 Å². The standard InChI is InChI=1S/C15H15N5/c1-2-4-14-13(3-1)18-19-20(14)15-10-16-8-7-11(15)9-17-12-5-6-12/h1-4,7-8,10,12,17H,5-6,9H2. The Balaban J connectivity index is 1.76. The Hall–Kier alpha value is -2.27. The summed E-state index contributed by atoms with van der Waals surface area (Å²) in [5.74, 6) is 0. The van der Waals surface area contributed by atoms with Gasteiger partial charge in [-0.15, -0.1) is 5.10 Å². The van der Waals surface area contributed by atoms with Crippen molar-refractivity contribution in [2.24, 2.45) is 0 Å². The third-order valence-corrected chi connectivity index (χ3v) is 3.63. The molecule has 4 rings (SSSR count). The van der Waals surface area contributed by atoms with E-state index in [4.69, 9.17) is 0 Å². The van der Waals surface area contributed by atoms with E-state index < -0.39 is 0 Å². The molecule has 0 saturated heterocycles. The number of aromatic nitrogens is 4. The van der Waals surface area contributed by atoms with Gasteiger partial charge in [-0.2, -0.15) is 0 Å². The highest BCUT2D eigenvalue weighted by molar-refractivity contribution is 5.76. The molecule has 0 atom stereocenters. The smallest absolute Gasteiger partial charge is 0.113 e. The topological polar surface area (TPSA) is 55.6 Å². The average molecular weight is 265 g/mol. The van der Waals surface area contributed by atoms with Crippen LogP contribution in [0.2, 0.25) is 0 Å². The fraction of sp³-hybridized carbons (Fsp3) is 0.267. The first-order chi connectivity index (χ1) is 9.92. The van der Waals surface area contributed by atoms with Gasteiger partial charge in [0.05, 0.1) is 17.4 Å². The number of fused-ring (bicyclic) bond motifs is 1. The predicted molar refractivity (Wildman–Crippen MR) is 76.5 cm³/mol. The molecular weight excluding hydrogens is 250 g/mol. The van der Waals surface area contributed by atoms with Crippen LogP contribution in [-0.4, -0.2) is 26.0 Å². The third kappa shape index (κ3) is 2.06. The maximum absolute atomic E-state index is 4.27. The fourth-order valence-corrected chi connectivity index (χ4v) is 2.34. The van der Waals surface area contributed by atoms with Crippen LogP contribution in [0.15, 0.2) is 42.7 Å². The van der Waals surface area contributed by atoms with Crippen molar-refractivity contribution >= 4 is 11.0 Å². The lowest BCUT2D eigenvalue weighted by Crippen LogP contribution is -2.17. The first-order valence-corrected chi connectivity index (χ1v) is 6.89.